The summed E-state index contributed by atoms with van der Waals surface area (Å²) < 4.78 is 3.63. The number of nitrogens with zero attached hydrogens (tertiary/aromatic N) is 5. The van der Waals surface area contributed by atoms with Crippen molar-refractivity contribution in [1.82, 2.24) is 24.1 Å². The first kappa shape index (κ1) is 21.6. The Kier molecular flexibility index (Phi) is 5.39. The maximum Gasteiger partial charge on any atom is 0.256 e. The number of nitrogens with one attached hydrogen (secondary N) is 2. The number of rotatable bonds is 6. The van der Waals surface area contributed by atoms with Gasteiger partial charge in [0.1, 0.15) is 11.3 Å². The van der Waals surface area contributed by atoms with Crippen LogP contribution in [0.3, 0.4) is 0 Å². The van der Waals surface area contributed by atoms with Crippen molar-refractivity contribution in [3.63, 3.8) is 0 Å². The van der Waals surface area contributed by atoms with Crippen molar-refractivity contribution >= 4 is 45.2 Å². The number of carbonyl (C=O) groups excluding carboxylic acids is 1. The lowest BCUT2D eigenvalue weighted by Crippen LogP contribution is -2.13. The maximum absolute atomic E-state index is 12.9. The Morgan fingerprint density at radius 1 is 1.00 bits per heavy atom. The molecule has 1 amide bonds. The van der Waals surface area contributed by atoms with E-state index >= 15 is 0 Å². The van der Waals surface area contributed by atoms with Gasteiger partial charge in [-0.1, -0.05) is 30.3 Å². The number of para-hydroxylation sites is 1. The molecule has 9 nitrogen and oxygen atoms in total. The lowest BCUT2D eigenvalue weighted by atomic mass is 10.2. The maximum atomic E-state index is 12.9. The van der Waals surface area contributed by atoms with E-state index in [0.717, 1.165) is 28.4 Å². The molecule has 36 heavy (non-hydrogen) atoms. The number of imidazole rings is 1. The summed E-state index contributed by atoms with van der Waals surface area (Å²) in [5, 5.41) is 13.2. The molecule has 4 heterocycles. The lowest BCUT2D eigenvalue weighted by Gasteiger charge is -2.07. The van der Waals surface area contributed by atoms with E-state index in [1.165, 1.54) is 11.3 Å². The first-order chi connectivity index (χ1) is 17.6. The van der Waals surface area contributed by atoms with Crippen molar-refractivity contribution in [3.05, 3.63) is 102 Å². The zero-order valence-corrected chi connectivity index (χ0v) is 19.7. The van der Waals surface area contributed by atoms with Gasteiger partial charge < -0.3 is 16.4 Å². The zero-order chi connectivity index (χ0) is 24.5. The highest BCUT2D eigenvalue weighted by atomic mass is 32.1. The molecule has 6 aromatic rings. The van der Waals surface area contributed by atoms with Gasteiger partial charge >= 0.3 is 0 Å². The predicted octanol–water partition coefficient (Wildman–Crippen LogP) is 5.22. The first-order valence-electron chi connectivity index (χ1n) is 11.1. The molecular formula is C26H20N8OS. The summed E-state index contributed by atoms with van der Waals surface area (Å²) in [5.41, 5.74) is 11.1. The van der Waals surface area contributed by atoms with E-state index in [0.29, 0.717) is 22.2 Å². The molecule has 2 aromatic carbocycles. The third-order valence-electron chi connectivity index (χ3n) is 5.55. The van der Waals surface area contributed by atoms with Gasteiger partial charge in [0.05, 0.1) is 29.5 Å². The number of anilines is 4. The van der Waals surface area contributed by atoms with Crippen LogP contribution in [0.1, 0.15) is 10.4 Å². The minimum absolute atomic E-state index is 0.305. The minimum atomic E-state index is -0.311. The molecule has 0 aliphatic rings. The van der Waals surface area contributed by atoms with Crippen molar-refractivity contribution in [2.24, 2.45) is 0 Å². The van der Waals surface area contributed by atoms with E-state index in [1.54, 1.807) is 23.0 Å². The van der Waals surface area contributed by atoms with Gasteiger partial charge in [-0.05, 0) is 42.5 Å². The molecular weight excluding hydrogens is 472 g/mol. The lowest BCUT2D eigenvalue weighted by molar-refractivity contribution is 0.102. The van der Waals surface area contributed by atoms with Crippen LogP contribution in [0.5, 0.6) is 0 Å². The van der Waals surface area contributed by atoms with Crippen LogP contribution in [0, 0.1) is 0 Å². The fourth-order valence-corrected chi connectivity index (χ4v) is 4.53. The standard InChI is InChI=1S/C26H20N8OS/c27-20-15-34(19-9-2-1-3-10-19)32-24(20)31-25(35)17-7-6-8-18(13-17)29-26-30-21(16-36-26)22-14-28-23-11-4-5-12-33(22)23/h1-16H,27H2,(H,29,30)(H,31,32,35). The Hall–Kier alpha value is -4.96. The molecule has 0 bridgehead atoms. The summed E-state index contributed by atoms with van der Waals surface area (Å²) in [5.74, 6) is -0.00552. The van der Waals surface area contributed by atoms with Crippen molar-refractivity contribution in [2.75, 3.05) is 16.4 Å². The monoisotopic (exact) mass is 492 g/mol. The van der Waals surface area contributed by atoms with Crippen LogP contribution in [0.2, 0.25) is 0 Å². The van der Waals surface area contributed by atoms with Crippen molar-refractivity contribution in [2.45, 2.75) is 0 Å². The highest BCUT2D eigenvalue weighted by Gasteiger charge is 2.14. The third-order valence-corrected chi connectivity index (χ3v) is 6.31. The van der Waals surface area contributed by atoms with E-state index < -0.39 is 0 Å². The van der Waals surface area contributed by atoms with Crippen LogP contribution in [-0.4, -0.2) is 30.1 Å². The van der Waals surface area contributed by atoms with Crippen molar-refractivity contribution < 1.29 is 4.79 Å². The van der Waals surface area contributed by atoms with E-state index in [-0.39, 0.29) is 5.91 Å². The smallest absolute Gasteiger partial charge is 0.256 e. The van der Waals surface area contributed by atoms with Gasteiger partial charge in [0.2, 0.25) is 0 Å². The van der Waals surface area contributed by atoms with Gasteiger partial charge in [0, 0.05) is 22.8 Å². The molecule has 10 heteroatoms. The number of nitrogens with two attached hydrogens (primary N) is 1. The van der Waals surface area contributed by atoms with Crippen LogP contribution in [0.4, 0.5) is 22.3 Å². The number of benzene rings is 2. The number of nitrogen functional groups attached to an aromatic ring is 1. The number of pyridine rings is 1. The van der Waals surface area contributed by atoms with Crippen LogP contribution in [0.25, 0.3) is 22.7 Å². The van der Waals surface area contributed by atoms with Gasteiger partial charge in [0.25, 0.3) is 5.91 Å². The van der Waals surface area contributed by atoms with Gasteiger partial charge in [0.15, 0.2) is 10.9 Å². The van der Waals surface area contributed by atoms with Crippen LogP contribution >= 0.6 is 11.3 Å². The number of hydrogen-bond acceptors (Lipinski definition) is 7. The Balaban J connectivity index is 1.18. The predicted molar refractivity (Wildman–Crippen MR) is 142 cm³/mol. The van der Waals surface area contributed by atoms with Gasteiger partial charge in [-0.15, -0.1) is 16.4 Å². The largest absolute Gasteiger partial charge is 0.394 e. The van der Waals surface area contributed by atoms with E-state index in [2.05, 4.69) is 20.7 Å². The number of aromatic nitrogens is 5. The third kappa shape index (κ3) is 4.17. The molecule has 0 unspecified atom stereocenters. The fourth-order valence-electron chi connectivity index (χ4n) is 3.81. The van der Waals surface area contributed by atoms with Crippen molar-refractivity contribution in [3.8, 4) is 17.1 Å². The van der Waals surface area contributed by atoms with Gasteiger partial charge in [-0.3, -0.25) is 9.20 Å². The Bertz CT molecular complexity index is 1680. The van der Waals surface area contributed by atoms with E-state index in [9.17, 15) is 4.79 Å². The first-order valence-corrected chi connectivity index (χ1v) is 12.0. The molecule has 0 radical (unpaired) electrons. The average Bonchev–Trinajstić information content (AvgIpc) is 3.63. The van der Waals surface area contributed by atoms with E-state index in [4.69, 9.17) is 10.7 Å². The zero-order valence-electron chi connectivity index (χ0n) is 18.9. The second-order valence-electron chi connectivity index (χ2n) is 7.98. The average molecular weight is 493 g/mol. The summed E-state index contributed by atoms with van der Waals surface area (Å²) >= 11 is 1.48. The Labute approximate surface area is 209 Å². The van der Waals surface area contributed by atoms with Crippen LogP contribution in [-0.2, 0) is 0 Å². The SMILES string of the molecule is Nc1cn(-c2ccccc2)nc1NC(=O)c1cccc(Nc2nc(-c3cnc4ccccn34)cs2)c1. The number of carbonyl (C=O) groups is 1. The molecule has 176 valence electrons. The quantitative estimate of drug-likeness (QED) is 0.294. The van der Waals surface area contributed by atoms with Crippen LogP contribution in [0.15, 0.2) is 96.8 Å². The fraction of sp³-hybridized carbons (Fsp3) is 0. The summed E-state index contributed by atoms with van der Waals surface area (Å²) in [4.78, 5) is 22.1. The number of thiazole rings is 1. The number of amides is 1. The number of hydrogen-bond donors (Lipinski definition) is 3. The summed E-state index contributed by atoms with van der Waals surface area (Å²) in [7, 11) is 0. The molecule has 4 aromatic heterocycles. The molecule has 0 spiro atoms. The summed E-state index contributed by atoms with van der Waals surface area (Å²) in [6.07, 6.45) is 5.44. The highest BCUT2D eigenvalue weighted by Crippen LogP contribution is 2.28. The summed E-state index contributed by atoms with van der Waals surface area (Å²) in [6, 6.07) is 22.6. The topological polar surface area (TPSA) is 115 Å². The summed E-state index contributed by atoms with van der Waals surface area (Å²) in [6.45, 7) is 0. The second-order valence-corrected chi connectivity index (χ2v) is 8.84. The molecule has 0 saturated carbocycles. The molecule has 0 saturated heterocycles. The molecule has 0 atom stereocenters. The molecule has 0 fully saturated rings. The Morgan fingerprint density at radius 2 is 1.86 bits per heavy atom. The Morgan fingerprint density at radius 3 is 2.75 bits per heavy atom. The molecule has 6 rings (SSSR count). The van der Waals surface area contributed by atoms with E-state index in [1.807, 2.05) is 82.8 Å². The highest BCUT2D eigenvalue weighted by molar-refractivity contribution is 7.14. The molecule has 0 aliphatic carbocycles. The van der Waals surface area contributed by atoms with Gasteiger partial charge in [-0.2, -0.15) is 0 Å². The van der Waals surface area contributed by atoms with Crippen LogP contribution < -0.4 is 16.4 Å². The molecule has 4 N–H and O–H groups in total. The molecule has 0 aliphatic heterocycles. The second kappa shape index (κ2) is 9.01. The normalized spacial score (nSPS) is 11.0. The minimum Gasteiger partial charge on any atom is -0.394 e. The number of fused-ring (bicyclic) bond motifs is 1. The van der Waals surface area contributed by atoms with Crippen molar-refractivity contribution in [1.29, 1.82) is 0 Å². The van der Waals surface area contributed by atoms with Gasteiger partial charge in [-0.25, -0.2) is 14.6 Å².